The van der Waals surface area contributed by atoms with Crippen LogP contribution in [0.5, 0.6) is 0 Å². The van der Waals surface area contributed by atoms with E-state index in [2.05, 4.69) is 26.1 Å². The van der Waals surface area contributed by atoms with E-state index >= 15 is 0 Å². The first kappa shape index (κ1) is 13.9. The van der Waals surface area contributed by atoms with Crippen LogP contribution in [-0.4, -0.2) is 15.0 Å². The molecule has 0 atom stereocenters. The minimum absolute atomic E-state index is 0.280. The van der Waals surface area contributed by atoms with Gasteiger partial charge < -0.3 is 4.42 Å². The molecule has 2 heterocycles. The number of halogens is 1. The molecule has 0 N–H and O–H groups in total. The Balaban J connectivity index is 1.83. The number of benzene rings is 2. The molecule has 6 heteroatoms. The molecule has 0 fully saturated rings. The van der Waals surface area contributed by atoms with Crippen molar-refractivity contribution in [2.75, 3.05) is 0 Å². The van der Waals surface area contributed by atoms with Gasteiger partial charge in [-0.3, -0.25) is 0 Å². The summed E-state index contributed by atoms with van der Waals surface area (Å²) < 4.78 is 6.21. The second-order valence-electron chi connectivity index (χ2n) is 4.99. The lowest BCUT2D eigenvalue weighted by atomic mass is 10.2. The number of rotatable bonds is 2. The van der Waals surface area contributed by atoms with E-state index in [0.717, 1.165) is 15.4 Å². The van der Waals surface area contributed by atoms with Crippen molar-refractivity contribution in [1.29, 1.82) is 0 Å². The molecule has 23 heavy (non-hydrogen) atoms. The average molecular weight is 368 g/mol. The van der Waals surface area contributed by atoms with Gasteiger partial charge in [-0.15, -0.1) is 9.90 Å². The number of aromatic nitrogens is 3. The summed E-state index contributed by atoms with van der Waals surface area (Å²) >= 11 is 3.36. The smallest absolute Gasteiger partial charge is 0.364 e. The van der Waals surface area contributed by atoms with Gasteiger partial charge in [0.05, 0.1) is 6.20 Å². The Bertz CT molecular complexity index is 1050. The predicted molar refractivity (Wildman–Crippen MR) is 90.5 cm³/mol. The molecule has 4 aromatic rings. The van der Waals surface area contributed by atoms with Gasteiger partial charge in [-0.1, -0.05) is 52.3 Å². The summed E-state index contributed by atoms with van der Waals surface area (Å²) in [5.41, 5.74) is 1.95. The largest absolute Gasteiger partial charge is 0.421 e. The summed E-state index contributed by atoms with van der Waals surface area (Å²) in [7, 11) is 0. The zero-order valence-electron chi connectivity index (χ0n) is 11.8. The molecule has 0 radical (unpaired) electrons. The number of nitrogens with zero attached hydrogens (tertiary/aromatic N) is 3. The standard InChI is InChI=1S/C17H10BrN3O2/c18-13-7-6-12-8-15(17(22)23-16(12)9-13)21-19-10-14(20-21)11-4-2-1-3-5-11/h1-10H. The van der Waals surface area contributed by atoms with Crippen molar-refractivity contribution >= 4 is 26.9 Å². The summed E-state index contributed by atoms with van der Waals surface area (Å²) in [6, 6.07) is 16.9. The van der Waals surface area contributed by atoms with Gasteiger partial charge in [-0.2, -0.15) is 5.10 Å². The average Bonchev–Trinajstić information content (AvgIpc) is 3.05. The fourth-order valence-electron chi connectivity index (χ4n) is 2.33. The van der Waals surface area contributed by atoms with Crippen LogP contribution in [0, 0.1) is 0 Å². The van der Waals surface area contributed by atoms with Crippen LogP contribution in [0.3, 0.4) is 0 Å². The van der Waals surface area contributed by atoms with E-state index in [4.69, 9.17) is 4.42 Å². The highest BCUT2D eigenvalue weighted by Crippen LogP contribution is 2.21. The number of hydrogen-bond donors (Lipinski definition) is 0. The molecule has 0 aliphatic heterocycles. The van der Waals surface area contributed by atoms with Crippen molar-refractivity contribution in [1.82, 2.24) is 15.0 Å². The Kier molecular flexibility index (Phi) is 3.31. The third kappa shape index (κ3) is 2.57. The van der Waals surface area contributed by atoms with Gasteiger partial charge in [0, 0.05) is 15.4 Å². The maximum Gasteiger partial charge on any atom is 0.364 e. The molecule has 0 aliphatic rings. The Morgan fingerprint density at radius 1 is 1.04 bits per heavy atom. The molecule has 4 rings (SSSR count). The fraction of sp³-hybridized carbons (Fsp3) is 0. The first-order valence-corrected chi connectivity index (χ1v) is 7.71. The van der Waals surface area contributed by atoms with Crippen LogP contribution in [0.1, 0.15) is 0 Å². The summed E-state index contributed by atoms with van der Waals surface area (Å²) in [6.07, 6.45) is 1.63. The van der Waals surface area contributed by atoms with Crippen LogP contribution in [0.4, 0.5) is 0 Å². The molecule has 0 amide bonds. The van der Waals surface area contributed by atoms with Crippen LogP contribution >= 0.6 is 15.9 Å². The Morgan fingerprint density at radius 2 is 1.87 bits per heavy atom. The van der Waals surface area contributed by atoms with Crippen molar-refractivity contribution in [3.63, 3.8) is 0 Å². The number of hydrogen-bond acceptors (Lipinski definition) is 4. The molecule has 0 aliphatic carbocycles. The van der Waals surface area contributed by atoms with Crippen LogP contribution in [0.25, 0.3) is 27.9 Å². The lowest BCUT2D eigenvalue weighted by Gasteiger charge is -2.01. The molecule has 0 unspecified atom stereocenters. The lowest BCUT2D eigenvalue weighted by Crippen LogP contribution is -2.12. The second-order valence-corrected chi connectivity index (χ2v) is 5.90. The van der Waals surface area contributed by atoms with Crippen molar-refractivity contribution in [2.24, 2.45) is 0 Å². The summed E-state index contributed by atoms with van der Waals surface area (Å²) in [5, 5.41) is 9.36. The van der Waals surface area contributed by atoms with E-state index < -0.39 is 5.63 Å². The highest BCUT2D eigenvalue weighted by atomic mass is 79.9. The zero-order valence-corrected chi connectivity index (χ0v) is 13.4. The monoisotopic (exact) mass is 367 g/mol. The quantitative estimate of drug-likeness (QED) is 0.505. The summed E-state index contributed by atoms with van der Waals surface area (Å²) in [5.74, 6) is 0. The highest BCUT2D eigenvalue weighted by molar-refractivity contribution is 9.10. The van der Waals surface area contributed by atoms with E-state index in [0.29, 0.717) is 11.3 Å². The van der Waals surface area contributed by atoms with Gasteiger partial charge in [0.25, 0.3) is 0 Å². The highest BCUT2D eigenvalue weighted by Gasteiger charge is 2.11. The third-order valence-electron chi connectivity index (χ3n) is 3.46. The van der Waals surface area contributed by atoms with Gasteiger partial charge in [0.2, 0.25) is 0 Å². The van der Waals surface area contributed by atoms with Crippen molar-refractivity contribution in [2.45, 2.75) is 0 Å². The van der Waals surface area contributed by atoms with Gasteiger partial charge >= 0.3 is 5.63 Å². The van der Waals surface area contributed by atoms with Crippen LogP contribution < -0.4 is 5.63 Å². The third-order valence-corrected chi connectivity index (χ3v) is 3.95. The van der Waals surface area contributed by atoms with Gasteiger partial charge in [0.1, 0.15) is 11.3 Å². The summed E-state index contributed by atoms with van der Waals surface area (Å²) in [4.78, 5) is 13.5. The van der Waals surface area contributed by atoms with Gasteiger partial charge in [0.15, 0.2) is 5.69 Å². The lowest BCUT2D eigenvalue weighted by molar-refractivity contribution is 0.545. The minimum atomic E-state index is -0.481. The molecule has 2 aromatic heterocycles. The zero-order chi connectivity index (χ0) is 15.8. The SMILES string of the molecule is O=c1oc2cc(Br)ccc2cc1-n1ncc(-c2ccccc2)n1. The molecule has 0 saturated carbocycles. The first-order valence-electron chi connectivity index (χ1n) is 6.92. The van der Waals surface area contributed by atoms with Crippen LogP contribution in [0.15, 0.2) is 74.5 Å². The van der Waals surface area contributed by atoms with E-state index in [-0.39, 0.29) is 5.69 Å². The van der Waals surface area contributed by atoms with E-state index in [1.807, 2.05) is 42.5 Å². The topological polar surface area (TPSA) is 60.9 Å². The van der Waals surface area contributed by atoms with Crippen molar-refractivity contribution in [3.05, 3.63) is 75.7 Å². The minimum Gasteiger partial charge on any atom is -0.421 e. The second kappa shape index (κ2) is 5.48. The predicted octanol–water partition coefficient (Wildman–Crippen LogP) is 3.80. The Labute approximate surface area is 139 Å². The molecular weight excluding hydrogens is 358 g/mol. The van der Waals surface area contributed by atoms with Gasteiger partial charge in [-0.25, -0.2) is 4.79 Å². The Hall–Kier alpha value is -2.73. The van der Waals surface area contributed by atoms with E-state index in [1.54, 1.807) is 18.3 Å². The van der Waals surface area contributed by atoms with Crippen LogP contribution in [-0.2, 0) is 0 Å². The molecular formula is C17H10BrN3O2. The van der Waals surface area contributed by atoms with E-state index in [1.165, 1.54) is 4.80 Å². The molecule has 0 saturated heterocycles. The molecule has 5 nitrogen and oxygen atoms in total. The van der Waals surface area contributed by atoms with Crippen molar-refractivity contribution in [3.8, 4) is 16.9 Å². The molecule has 0 bridgehead atoms. The van der Waals surface area contributed by atoms with Crippen molar-refractivity contribution < 1.29 is 4.42 Å². The maximum absolute atomic E-state index is 12.2. The molecule has 0 spiro atoms. The normalized spacial score (nSPS) is 11.0. The van der Waals surface area contributed by atoms with Crippen LogP contribution in [0.2, 0.25) is 0 Å². The molecule has 2 aromatic carbocycles. The Morgan fingerprint density at radius 3 is 2.70 bits per heavy atom. The summed E-state index contributed by atoms with van der Waals surface area (Å²) in [6.45, 7) is 0. The van der Waals surface area contributed by atoms with Gasteiger partial charge in [-0.05, 0) is 18.2 Å². The first-order chi connectivity index (χ1) is 11.2. The number of fused-ring (bicyclic) bond motifs is 1. The molecule has 112 valence electrons. The maximum atomic E-state index is 12.2. The van der Waals surface area contributed by atoms with E-state index in [9.17, 15) is 4.79 Å². The fourth-order valence-corrected chi connectivity index (χ4v) is 2.67.